The summed E-state index contributed by atoms with van der Waals surface area (Å²) in [5, 5.41) is 21.7. The molecule has 14 nitrogen and oxygen atoms in total. The summed E-state index contributed by atoms with van der Waals surface area (Å²) in [5.41, 5.74) is 1.64. The SMILES string of the molecule is CO[C@H]1C[C@@H](c2nc(Nc3cc(C)[nH]n3)c3cnn(CC(F)F)c3n2)CC[C@@H]1C(=O)N[C@@H](C)c1cnc(-n2cc(F)cn2)cn1. The van der Waals surface area contributed by atoms with Crippen LogP contribution in [-0.4, -0.2) is 75.2 Å². The van der Waals surface area contributed by atoms with Gasteiger partial charge in [0, 0.05) is 24.8 Å². The zero-order valence-corrected chi connectivity index (χ0v) is 24.7. The van der Waals surface area contributed by atoms with Crippen molar-refractivity contribution in [2.75, 3.05) is 12.4 Å². The fourth-order valence-electron chi connectivity index (χ4n) is 5.54. The molecule has 1 saturated carbocycles. The van der Waals surface area contributed by atoms with Crippen molar-refractivity contribution in [1.29, 1.82) is 0 Å². The third-order valence-corrected chi connectivity index (χ3v) is 7.82. The van der Waals surface area contributed by atoms with Crippen LogP contribution in [0.3, 0.4) is 0 Å². The van der Waals surface area contributed by atoms with Crippen LogP contribution in [0.25, 0.3) is 16.9 Å². The Kier molecular flexibility index (Phi) is 8.42. The molecule has 0 aliphatic heterocycles. The van der Waals surface area contributed by atoms with Gasteiger partial charge in [-0.1, -0.05) is 0 Å². The number of hydrogen-bond donors (Lipinski definition) is 3. The number of hydrogen-bond acceptors (Lipinski definition) is 10. The van der Waals surface area contributed by atoms with Crippen LogP contribution in [0.4, 0.5) is 24.8 Å². The maximum atomic E-state index is 13.4. The standard InChI is InChI=1S/C28H31F3N12O2/c1-14-6-23(41-40-14)37-26-19-9-35-43(13-22(30)31)27(19)39-25(38-26)16-4-5-18(21(7-16)45-3)28(44)36-15(2)20-10-33-24(11-32-20)42-12-17(29)8-34-42/h6,8-12,15-16,18,21-22H,4-5,7,13H2,1-3H3,(H,36,44)(H2,37,38,39,40,41)/t15-,16-,18-,21-/m0/s1. The van der Waals surface area contributed by atoms with E-state index in [2.05, 4.69) is 46.0 Å². The predicted octanol–water partition coefficient (Wildman–Crippen LogP) is 3.76. The zero-order chi connectivity index (χ0) is 31.7. The number of halogens is 3. The molecule has 0 radical (unpaired) electrons. The fraction of sp³-hybridized carbons (Fsp3) is 0.429. The first kappa shape index (κ1) is 30.1. The van der Waals surface area contributed by atoms with Crippen molar-refractivity contribution < 1.29 is 22.7 Å². The molecular formula is C28H31F3N12O2. The number of ether oxygens (including phenoxy) is 1. The number of amides is 1. The zero-order valence-electron chi connectivity index (χ0n) is 24.7. The molecule has 1 fully saturated rings. The van der Waals surface area contributed by atoms with E-state index in [1.165, 1.54) is 34.2 Å². The summed E-state index contributed by atoms with van der Waals surface area (Å²) in [4.78, 5) is 31.5. The number of H-pyrrole nitrogens is 1. The number of aromatic amines is 1. The van der Waals surface area contributed by atoms with Gasteiger partial charge in [-0.2, -0.15) is 15.3 Å². The second-order valence-corrected chi connectivity index (χ2v) is 11.0. The number of methoxy groups -OCH3 is 1. The summed E-state index contributed by atoms with van der Waals surface area (Å²) in [6, 6.07) is 1.34. The first-order valence-corrected chi connectivity index (χ1v) is 14.3. The number of nitrogens with one attached hydrogen (secondary N) is 3. The Morgan fingerprint density at radius 3 is 2.67 bits per heavy atom. The van der Waals surface area contributed by atoms with Crippen molar-refractivity contribution >= 4 is 28.6 Å². The van der Waals surface area contributed by atoms with E-state index in [1.54, 1.807) is 20.1 Å². The Labute approximate surface area is 254 Å². The first-order valence-electron chi connectivity index (χ1n) is 14.3. The van der Waals surface area contributed by atoms with E-state index in [1.807, 2.05) is 6.92 Å². The van der Waals surface area contributed by atoms with E-state index in [-0.39, 0.29) is 17.5 Å². The average Bonchev–Trinajstić information content (AvgIpc) is 3.76. The van der Waals surface area contributed by atoms with Crippen LogP contribution in [0, 0.1) is 18.7 Å². The number of rotatable bonds is 10. The fourth-order valence-corrected chi connectivity index (χ4v) is 5.54. The number of carbonyl (C=O) groups excluding carboxylic acids is 1. The van der Waals surface area contributed by atoms with Gasteiger partial charge in [0.05, 0.1) is 60.1 Å². The number of aryl methyl sites for hydroxylation is 1. The lowest BCUT2D eigenvalue weighted by Crippen LogP contribution is -2.42. The van der Waals surface area contributed by atoms with Gasteiger partial charge in [0.2, 0.25) is 5.91 Å². The smallest absolute Gasteiger partial charge is 0.258 e. The second kappa shape index (κ2) is 12.6. The van der Waals surface area contributed by atoms with Gasteiger partial charge in [0.15, 0.2) is 23.1 Å². The summed E-state index contributed by atoms with van der Waals surface area (Å²) in [5.74, 6) is 0.345. The van der Waals surface area contributed by atoms with Gasteiger partial charge in [-0.25, -0.2) is 37.5 Å². The molecule has 1 amide bonds. The lowest BCUT2D eigenvalue weighted by atomic mass is 9.78. The second-order valence-electron chi connectivity index (χ2n) is 11.0. The van der Waals surface area contributed by atoms with Crippen molar-refractivity contribution in [1.82, 2.24) is 55.0 Å². The van der Waals surface area contributed by atoms with Crippen molar-refractivity contribution in [2.24, 2.45) is 5.92 Å². The molecule has 0 spiro atoms. The Morgan fingerprint density at radius 1 is 1.16 bits per heavy atom. The number of aromatic nitrogens is 10. The van der Waals surface area contributed by atoms with Gasteiger partial charge in [-0.05, 0) is 33.1 Å². The number of anilines is 2. The molecule has 4 atom stereocenters. The molecule has 17 heteroatoms. The van der Waals surface area contributed by atoms with E-state index in [0.717, 1.165) is 11.9 Å². The summed E-state index contributed by atoms with van der Waals surface area (Å²) in [6.45, 7) is 3.04. The minimum Gasteiger partial charge on any atom is -0.381 e. The monoisotopic (exact) mass is 624 g/mol. The van der Waals surface area contributed by atoms with Gasteiger partial charge in [0.1, 0.15) is 18.2 Å². The number of nitrogens with zero attached hydrogens (tertiary/aromatic N) is 9. The van der Waals surface area contributed by atoms with Crippen LogP contribution >= 0.6 is 0 Å². The first-order chi connectivity index (χ1) is 21.7. The normalized spacial score (nSPS) is 19.2. The largest absolute Gasteiger partial charge is 0.381 e. The van der Waals surface area contributed by atoms with Gasteiger partial charge >= 0.3 is 0 Å². The minimum absolute atomic E-state index is 0.199. The van der Waals surface area contributed by atoms with Crippen molar-refractivity contribution in [3.8, 4) is 5.82 Å². The average molecular weight is 625 g/mol. The summed E-state index contributed by atoms with van der Waals surface area (Å²) < 4.78 is 48.2. The van der Waals surface area contributed by atoms with Crippen molar-refractivity contribution in [2.45, 2.75) is 64.1 Å². The van der Waals surface area contributed by atoms with Gasteiger partial charge < -0.3 is 15.4 Å². The third-order valence-electron chi connectivity index (χ3n) is 7.82. The maximum Gasteiger partial charge on any atom is 0.258 e. The maximum absolute atomic E-state index is 13.4. The molecule has 5 aromatic rings. The topological polar surface area (TPSA) is 166 Å². The van der Waals surface area contributed by atoms with Crippen LogP contribution in [0.15, 0.2) is 37.1 Å². The highest BCUT2D eigenvalue weighted by atomic mass is 19.3. The Hall–Kier alpha value is -4.93. The van der Waals surface area contributed by atoms with Gasteiger partial charge in [-0.15, -0.1) is 0 Å². The molecule has 5 aromatic heterocycles. The van der Waals surface area contributed by atoms with Crippen LogP contribution in [0.5, 0.6) is 0 Å². The van der Waals surface area contributed by atoms with E-state index >= 15 is 0 Å². The Balaban J connectivity index is 1.18. The lowest BCUT2D eigenvalue weighted by Gasteiger charge is -2.34. The highest BCUT2D eigenvalue weighted by molar-refractivity contribution is 5.88. The summed E-state index contributed by atoms with van der Waals surface area (Å²) in [6.07, 6.45) is 5.10. The summed E-state index contributed by atoms with van der Waals surface area (Å²) in [7, 11) is 1.55. The third kappa shape index (κ3) is 6.47. The van der Waals surface area contributed by atoms with Crippen molar-refractivity contribution in [3.63, 3.8) is 0 Å². The Morgan fingerprint density at radius 2 is 2.00 bits per heavy atom. The van der Waals surface area contributed by atoms with Gasteiger partial charge in [-0.3, -0.25) is 14.9 Å². The van der Waals surface area contributed by atoms with E-state index in [9.17, 15) is 18.0 Å². The van der Waals surface area contributed by atoms with E-state index in [0.29, 0.717) is 53.6 Å². The highest BCUT2D eigenvalue weighted by Crippen LogP contribution is 2.38. The number of fused-ring (bicyclic) bond motifs is 1. The van der Waals surface area contributed by atoms with Crippen LogP contribution < -0.4 is 10.6 Å². The highest BCUT2D eigenvalue weighted by Gasteiger charge is 2.38. The number of carbonyl (C=O) groups is 1. The van der Waals surface area contributed by atoms with E-state index < -0.39 is 36.9 Å². The molecule has 0 unspecified atom stereocenters. The molecule has 3 N–H and O–H groups in total. The number of alkyl halides is 2. The van der Waals surface area contributed by atoms with Gasteiger partial charge in [0.25, 0.3) is 6.43 Å². The molecule has 1 aliphatic rings. The minimum atomic E-state index is -2.61. The quantitative estimate of drug-likeness (QED) is 0.208. The van der Waals surface area contributed by atoms with Crippen LogP contribution in [0.2, 0.25) is 0 Å². The molecule has 236 valence electrons. The molecular weight excluding hydrogens is 593 g/mol. The molecule has 45 heavy (non-hydrogen) atoms. The molecule has 0 aromatic carbocycles. The van der Waals surface area contributed by atoms with Crippen LogP contribution in [-0.2, 0) is 16.1 Å². The Bertz CT molecular complexity index is 1790. The molecule has 0 saturated heterocycles. The summed E-state index contributed by atoms with van der Waals surface area (Å²) >= 11 is 0. The lowest BCUT2D eigenvalue weighted by molar-refractivity contribution is -0.132. The molecule has 5 heterocycles. The molecule has 0 bridgehead atoms. The van der Waals surface area contributed by atoms with E-state index in [4.69, 9.17) is 9.72 Å². The van der Waals surface area contributed by atoms with Crippen LogP contribution in [0.1, 0.15) is 55.4 Å². The molecule has 1 aliphatic carbocycles. The van der Waals surface area contributed by atoms with Crippen molar-refractivity contribution in [3.05, 3.63) is 60.1 Å². The predicted molar refractivity (Wildman–Crippen MR) is 154 cm³/mol. The molecule has 6 rings (SSSR count).